The lowest BCUT2D eigenvalue weighted by Gasteiger charge is -2.31. The molecule has 1 heterocycles. The van der Waals surface area contributed by atoms with E-state index in [4.69, 9.17) is 10.5 Å². The first-order valence-electron chi connectivity index (χ1n) is 6.01. The molecule has 1 saturated heterocycles. The first kappa shape index (κ1) is 13.4. The zero-order valence-corrected chi connectivity index (χ0v) is 11.0. The largest absolute Gasteiger partial charge is 0.497 e. The van der Waals surface area contributed by atoms with Crippen LogP contribution >= 0.6 is 0 Å². The van der Waals surface area contributed by atoms with E-state index >= 15 is 0 Å². The number of hydrogen-bond donors (Lipinski definition) is 2. The molecule has 0 radical (unpaired) electrons. The number of anilines is 1. The van der Waals surface area contributed by atoms with E-state index in [1.54, 1.807) is 25.0 Å². The summed E-state index contributed by atoms with van der Waals surface area (Å²) in [7, 11) is 1.57. The lowest BCUT2D eigenvalue weighted by atomic mass is 10.1. The SMILES string of the molecule is COc1cc(N)cc(CN2CC(=O)NC(=O)C2C)c1. The second-order valence-corrected chi connectivity index (χ2v) is 4.61. The minimum atomic E-state index is -0.342. The lowest BCUT2D eigenvalue weighted by Crippen LogP contribution is -2.56. The molecule has 1 aromatic carbocycles. The molecule has 0 bridgehead atoms. The molecule has 1 atom stereocenters. The fourth-order valence-corrected chi connectivity index (χ4v) is 2.09. The lowest BCUT2D eigenvalue weighted by molar-refractivity contribution is -0.139. The highest BCUT2D eigenvalue weighted by Crippen LogP contribution is 2.20. The van der Waals surface area contributed by atoms with Crippen LogP contribution in [0.3, 0.4) is 0 Å². The Morgan fingerprint density at radius 1 is 1.42 bits per heavy atom. The molecule has 0 spiro atoms. The minimum absolute atomic E-state index is 0.198. The van der Waals surface area contributed by atoms with Gasteiger partial charge in [-0.3, -0.25) is 19.8 Å². The van der Waals surface area contributed by atoms with Gasteiger partial charge < -0.3 is 10.5 Å². The monoisotopic (exact) mass is 263 g/mol. The number of rotatable bonds is 3. The van der Waals surface area contributed by atoms with Crippen LogP contribution in [-0.2, 0) is 16.1 Å². The standard InChI is InChI=1S/C13H17N3O3/c1-8-13(18)15-12(17)7-16(8)6-9-3-10(14)5-11(4-9)19-2/h3-5,8H,6-7,14H2,1-2H3,(H,15,17,18). The van der Waals surface area contributed by atoms with E-state index in [0.29, 0.717) is 18.0 Å². The Kier molecular flexibility index (Phi) is 3.71. The highest BCUT2D eigenvalue weighted by molar-refractivity contribution is 6.00. The van der Waals surface area contributed by atoms with Crippen molar-refractivity contribution in [2.24, 2.45) is 0 Å². The van der Waals surface area contributed by atoms with Gasteiger partial charge in [0.25, 0.3) is 0 Å². The van der Waals surface area contributed by atoms with Crippen LogP contribution in [0.1, 0.15) is 12.5 Å². The van der Waals surface area contributed by atoms with Crippen LogP contribution in [-0.4, -0.2) is 36.4 Å². The molecule has 0 saturated carbocycles. The summed E-state index contributed by atoms with van der Waals surface area (Å²) in [6.45, 7) is 2.44. The number of imide groups is 1. The number of nitrogens with one attached hydrogen (secondary N) is 1. The van der Waals surface area contributed by atoms with Gasteiger partial charge in [0.05, 0.1) is 19.7 Å². The number of methoxy groups -OCH3 is 1. The van der Waals surface area contributed by atoms with E-state index < -0.39 is 0 Å². The summed E-state index contributed by atoms with van der Waals surface area (Å²) in [5, 5.41) is 2.31. The van der Waals surface area contributed by atoms with Gasteiger partial charge in [-0.2, -0.15) is 0 Å². The molecule has 1 fully saturated rings. The molecule has 1 unspecified atom stereocenters. The molecule has 0 aromatic heterocycles. The molecule has 1 aliphatic rings. The second-order valence-electron chi connectivity index (χ2n) is 4.61. The van der Waals surface area contributed by atoms with Crippen molar-refractivity contribution in [1.29, 1.82) is 0 Å². The minimum Gasteiger partial charge on any atom is -0.497 e. The van der Waals surface area contributed by atoms with Gasteiger partial charge >= 0.3 is 0 Å². The van der Waals surface area contributed by atoms with E-state index in [2.05, 4.69) is 5.32 Å². The highest BCUT2D eigenvalue weighted by atomic mass is 16.5. The third-order valence-corrected chi connectivity index (χ3v) is 3.15. The summed E-state index contributed by atoms with van der Waals surface area (Å²) >= 11 is 0. The van der Waals surface area contributed by atoms with Crippen molar-refractivity contribution in [2.45, 2.75) is 19.5 Å². The molecule has 19 heavy (non-hydrogen) atoms. The average molecular weight is 263 g/mol. The number of nitrogen functional groups attached to an aromatic ring is 1. The van der Waals surface area contributed by atoms with Crippen molar-refractivity contribution in [2.75, 3.05) is 19.4 Å². The van der Waals surface area contributed by atoms with Gasteiger partial charge in [-0.25, -0.2) is 0 Å². The molecule has 6 heteroatoms. The molecule has 6 nitrogen and oxygen atoms in total. The van der Waals surface area contributed by atoms with Gasteiger partial charge in [-0.1, -0.05) is 0 Å². The van der Waals surface area contributed by atoms with Crippen LogP contribution < -0.4 is 15.8 Å². The zero-order chi connectivity index (χ0) is 14.0. The first-order chi connectivity index (χ1) is 8.99. The maximum Gasteiger partial charge on any atom is 0.243 e. The number of amides is 2. The summed E-state index contributed by atoms with van der Waals surface area (Å²) in [6.07, 6.45) is 0. The fourth-order valence-electron chi connectivity index (χ4n) is 2.09. The van der Waals surface area contributed by atoms with Crippen molar-refractivity contribution >= 4 is 17.5 Å². The Hall–Kier alpha value is -2.08. The number of nitrogens with two attached hydrogens (primary N) is 1. The Bertz CT molecular complexity index is 516. The van der Waals surface area contributed by atoms with Crippen molar-refractivity contribution in [3.8, 4) is 5.75 Å². The van der Waals surface area contributed by atoms with Crippen LogP contribution in [0.2, 0.25) is 0 Å². The summed E-state index contributed by atoms with van der Waals surface area (Å²) in [4.78, 5) is 24.8. The predicted octanol–water partition coefficient (Wildman–Crippen LogP) is 0.124. The number of benzene rings is 1. The maximum absolute atomic E-state index is 11.6. The van der Waals surface area contributed by atoms with Crippen molar-refractivity contribution in [1.82, 2.24) is 10.2 Å². The van der Waals surface area contributed by atoms with Crippen molar-refractivity contribution in [3.05, 3.63) is 23.8 Å². The normalized spacial score (nSPS) is 20.2. The molecule has 102 valence electrons. The number of piperazine rings is 1. The molecule has 0 aliphatic carbocycles. The predicted molar refractivity (Wildman–Crippen MR) is 70.4 cm³/mol. The van der Waals surface area contributed by atoms with E-state index in [0.717, 1.165) is 5.56 Å². The molecule has 2 amide bonds. The Labute approximate surface area is 111 Å². The summed E-state index contributed by atoms with van der Waals surface area (Å²) in [5.41, 5.74) is 7.29. The van der Waals surface area contributed by atoms with Crippen molar-refractivity contribution in [3.63, 3.8) is 0 Å². The molecule has 2 rings (SSSR count). The zero-order valence-electron chi connectivity index (χ0n) is 11.0. The molecular formula is C13H17N3O3. The van der Waals surface area contributed by atoms with Gasteiger partial charge in [-0.15, -0.1) is 0 Å². The van der Waals surface area contributed by atoms with Gasteiger partial charge in [0.15, 0.2) is 0 Å². The van der Waals surface area contributed by atoms with E-state index in [1.807, 2.05) is 12.1 Å². The third-order valence-electron chi connectivity index (χ3n) is 3.15. The van der Waals surface area contributed by atoms with Gasteiger partial charge in [-0.05, 0) is 24.6 Å². The van der Waals surface area contributed by atoms with E-state index in [9.17, 15) is 9.59 Å². The first-order valence-corrected chi connectivity index (χ1v) is 6.01. The summed E-state index contributed by atoms with van der Waals surface area (Å²) in [5.74, 6) is 0.113. The van der Waals surface area contributed by atoms with Gasteiger partial charge in [0.2, 0.25) is 11.8 Å². The van der Waals surface area contributed by atoms with Crippen LogP contribution in [0, 0.1) is 0 Å². The Balaban J connectivity index is 2.17. The van der Waals surface area contributed by atoms with Crippen LogP contribution in [0.4, 0.5) is 5.69 Å². The van der Waals surface area contributed by atoms with Crippen molar-refractivity contribution < 1.29 is 14.3 Å². The number of carbonyl (C=O) groups is 2. The average Bonchev–Trinajstić information content (AvgIpc) is 2.34. The number of nitrogens with zero attached hydrogens (tertiary/aromatic N) is 1. The molecule has 1 aliphatic heterocycles. The maximum atomic E-state index is 11.6. The Morgan fingerprint density at radius 3 is 2.84 bits per heavy atom. The number of carbonyl (C=O) groups excluding carboxylic acids is 2. The summed E-state index contributed by atoms with van der Waals surface area (Å²) < 4.78 is 5.15. The molecule has 1 aromatic rings. The van der Waals surface area contributed by atoms with Gasteiger partial charge in [0, 0.05) is 18.3 Å². The Morgan fingerprint density at radius 2 is 2.16 bits per heavy atom. The fraction of sp³-hybridized carbons (Fsp3) is 0.385. The second kappa shape index (κ2) is 5.27. The third kappa shape index (κ3) is 3.03. The molecule has 3 N–H and O–H groups in total. The van der Waals surface area contributed by atoms with Gasteiger partial charge in [0.1, 0.15) is 5.75 Å². The smallest absolute Gasteiger partial charge is 0.243 e. The number of ether oxygens (including phenoxy) is 1. The topological polar surface area (TPSA) is 84.7 Å². The van der Waals surface area contributed by atoms with E-state index in [1.165, 1.54) is 0 Å². The highest BCUT2D eigenvalue weighted by Gasteiger charge is 2.30. The molecular weight excluding hydrogens is 246 g/mol. The quantitative estimate of drug-likeness (QED) is 0.598. The van der Waals surface area contributed by atoms with Crippen LogP contribution in [0.5, 0.6) is 5.75 Å². The van der Waals surface area contributed by atoms with E-state index in [-0.39, 0.29) is 24.4 Å². The summed E-state index contributed by atoms with van der Waals surface area (Å²) in [6, 6.07) is 5.04. The van der Waals surface area contributed by atoms with Crippen LogP contribution in [0.25, 0.3) is 0 Å². The number of hydrogen-bond acceptors (Lipinski definition) is 5. The van der Waals surface area contributed by atoms with Crippen LogP contribution in [0.15, 0.2) is 18.2 Å².